The van der Waals surface area contributed by atoms with Crippen molar-refractivity contribution in [2.24, 2.45) is 0 Å². The first-order valence-corrected chi connectivity index (χ1v) is 16.0. The Bertz CT molecular complexity index is 1450. The lowest BCUT2D eigenvalue weighted by atomic mass is 10.2. The zero-order valence-electron chi connectivity index (χ0n) is 22.4. The number of hydrogen-bond acceptors (Lipinski definition) is 5. The third-order valence-corrected chi connectivity index (χ3v) is 13.5. The molecule has 39 heavy (non-hydrogen) atoms. The summed E-state index contributed by atoms with van der Waals surface area (Å²) in [5.41, 5.74) is -0.896. The van der Waals surface area contributed by atoms with Gasteiger partial charge >= 0.3 is 5.69 Å². The van der Waals surface area contributed by atoms with Crippen LogP contribution in [0.15, 0.2) is 118 Å². The molecule has 1 aromatic heterocycles. The van der Waals surface area contributed by atoms with Gasteiger partial charge in [-0.1, -0.05) is 99.6 Å². The topological polar surface area (TPSA) is 73.3 Å². The lowest BCUT2D eigenvalue weighted by Crippen LogP contribution is -2.67. The number of nitrogens with zero attached hydrogens (tertiary/aromatic N) is 1. The van der Waals surface area contributed by atoms with Gasteiger partial charge in [0.25, 0.3) is 13.9 Å². The van der Waals surface area contributed by atoms with Crippen LogP contribution < -0.4 is 21.6 Å². The van der Waals surface area contributed by atoms with Gasteiger partial charge in [0.2, 0.25) is 0 Å². The molecule has 2 heterocycles. The predicted octanol–water partition coefficient (Wildman–Crippen LogP) is 4.56. The van der Waals surface area contributed by atoms with Gasteiger partial charge in [-0.3, -0.25) is 14.3 Å². The minimum Gasteiger partial charge on any atom is -0.405 e. The van der Waals surface area contributed by atoms with Gasteiger partial charge < -0.3 is 9.16 Å². The van der Waals surface area contributed by atoms with Crippen molar-refractivity contribution in [3.05, 3.63) is 124 Å². The summed E-state index contributed by atoms with van der Waals surface area (Å²) in [5.74, 6) is 0. The van der Waals surface area contributed by atoms with Crippen LogP contribution in [0.4, 0.5) is 0 Å². The number of nitrogens with one attached hydrogen (secondary N) is 1. The van der Waals surface area contributed by atoms with Crippen molar-refractivity contribution in [3.8, 4) is 0 Å². The number of hydrogen-bond donors (Lipinski definition) is 1. The summed E-state index contributed by atoms with van der Waals surface area (Å²) >= 11 is 1.68. The van der Waals surface area contributed by atoms with Crippen molar-refractivity contribution in [3.63, 3.8) is 0 Å². The minimum absolute atomic E-state index is 0.0382. The van der Waals surface area contributed by atoms with Gasteiger partial charge in [0.15, 0.2) is 6.23 Å². The Kier molecular flexibility index (Phi) is 8.09. The van der Waals surface area contributed by atoms with Crippen molar-refractivity contribution in [1.29, 1.82) is 0 Å². The van der Waals surface area contributed by atoms with Crippen LogP contribution in [0.25, 0.3) is 0 Å². The molecule has 3 atom stereocenters. The van der Waals surface area contributed by atoms with E-state index in [9.17, 15) is 9.59 Å². The molecule has 1 aliphatic heterocycles. The fourth-order valence-electron chi connectivity index (χ4n) is 5.46. The zero-order valence-corrected chi connectivity index (χ0v) is 24.3. The molecule has 5 rings (SSSR count). The van der Waals surface area contributed by atoms with Gasteiger partial charge in [0.05, 0.1) is 18.0 Å². The molecule has 0 aliphatic carbocycles. The number of aromatic amines is 1. The summed E-state index contributed by atoms with van der Waals surface area (Å²) in [5, 5.41) is 2.24. The summed E-state index contributed by atoms with van der Waals surface area (Å²) in [4.78, 5) is 28.0. The molecule has 3 aromatic carbocycles. The van der Waals surface area contributed by atoms with E-state index in [0.29, 0.717) is 13.0 Å². The summed E-state index contributed by atoms with van der Waals surface area (Å²) in [6.45, 7) is 7.16. The van der Waals surface area contributed by atoms with E-state index in [2.05, 4.69) is 86.4 Å². The molecule has 8 heteroatoms. The molecular weight excluding hydrogens is 525 g/mol. The Morgan fingerprint density at radius 2 is 1.46 bits per heavy atom. The number of rotatable bonds is 8. The Morgan fingerprint density at radius 1 is 0.897 bits per heavy atom. The second-order valence-electron chi connectivity index (χ2n) is 10.8. The predicted molar refractivity (Wildman–Crippen MR) is 160 cm³/mol. The Balaban J connectivity index is 1.48. The standard InChI is InChI=1S/C31H34N2O4SSi/c1-31(2,3)39(25-15-9-5-10-16-25,26-17-11-6-12-18-26)36-22-23-21-27(38-24-13-7-4-8-14-24)29(37-23)33-20-19-28(34)32-30(33)35/h4-20,23,27,29H,21-22H2,1-3H3,(H,32,34,35)/t23-,27+,29+/m0/s1. The third-order valence-electron chi connectivity index (χ3n) is 7.20. The molecule has 6 nitrogen and oxygen atoms in total. The molecule has 4 aromatic rings. The van der Waals surface area contributed by atoms with Gasteiger partial charge in [0.1, 0.15) is 0 Å². The molecule has 1 fully saturated rings. The van der Waals surface area contributed by atoms with Crippen molar-refractivity contribution < 1.29 is 9.16 Å². The monoisotopic (exact) mass is 558 g/mol. The van der Waals surface area contributed by atoms with Gasteiger partial charge in [-0.25, -0.2) is 4.79 Å². The van der Waals surface area contributed by atoms with Crippen LogP contribution >= 0.6 is 11.8 Å². The molecule has 1 N–H and O–H groups in total. The SMILES string of the molecule is CC(C)(C)[Si](OC[C@@H]1C[C@@H](Sc2ccccc2)[C@H](n2ccc(=O)[nH]c2=O)O1)(c1ccccc1)c1ccccc1. The Hall–Kier alpha value is -3.17. The third kappa shape index (κ3) is 5.74. The van der Waals surface area contributed by atoms with Gasteiger partial charge in [-0.05, 0) is 34.0 Å². The van der Waals surface area contributed by atoms with Crippen LogP contribution in [-0.2, 0) is 9.16 Å². The van der Waals surface area contributed by atoms with Crippen LogP contribution in [-0.4, -0.2) is 35.8 Å². The molecular formula is C31H34N2O4SSi. The van der Waals surface area contributed by atoms with Crippen LogP contribution in [0.3, 0.4) is 0 Å². The summed E-state index contributed by atoms with van der Waals surface area (Å²) in [6.07, 6.45) is 1.47. The fourth-order valence-corrected chi connectivity index (χ4v) is 11.3. The smallest absolute Gasteiger partial charge is 0.330 e. The number of H-pyrrole nitrogens is 1. The highest BCUT2D eigenvalue weighted by Crippen LogP contribution is 2.42. The molecule has 0 unspecified atom stereocenters. The fraction of sp³-hybridized carbons (Fsp3) is 0.290. The number of benzene rings is 3. The second kappa shape index (κ2) is 11.5. The van der Waals surface area contributed by atoms with E-state index in [1.54, 1.807) is 11.8 Å². The maximum absolute atomic E-state index is 12.7. The largest absolute Gasteiger partial charge is 0.405 e. The van der Waals surface area contributed by atoms with E-state index in [1.165, 1.54) is 27.2 Å². The molecule has 0 bridgehead atoms. The summed E-state index contributed by atoms with van der Waals surface area (Å²) in [7, 11) is -2.74. The first-order valence-electron chi connectivity index (χ1n) is 13.2. The van der Waals surface area contributed by atoms with E-state index in [1.807, 2.05) is 30.3 Å². The highest BCUT2D eigenvalue weighted by Gasteiger charge is 2.51. The first kappa shape index (κ1) is 27.4. The molecule has 0 spiro atoms. The first-order chi connectivity index (χ1) is 18.8. The minimum atomic E-state index is -2.74. The van der Waals surface area contributed by atoms with Gasteiger partial charge in [0, 0.05) is 17.2 Å². The van der Waals surface area contributed by atoms with E-state index < -0.39 is 25.8 Å². The van der Waals surface area contributed by atoms with Crippen LogP contribution in [0.5, 0.6) is 0 Å². The summed E-state index contributed by atoms with van der Waals surface area (Å²) in [6, 6.07) is 32.6. The van der Waals surface area contributed by atoms with Crippen molar-refractivity contribution in [1.82, 2.24) is 9.55 Å². The number of ether oxygens (including phenoxy) is 1. The van der Waals surface area contributed by atoms with E-state index >= 15 is 0 Å². The molecule has 0 saturated carbocycles. The van der Waals surface area contributed by atoms with Gasteiger partial charge in [-0.2, -0.15) is 0 Å². The van der Waals surface area contributed by atoms with Gasteiger partial charge in [-0.15, -0.1) is 11.8 Å². The van der Waals surface area contributed by atoms with E-state index in [4.69, 9.17) is 9.16 Å². The maximum atomic E-state index is 12.7. The Morgan fingerprint density at radius 3 is 2.00 bits per heavy atom. The van der Waals surface area contributed by atoms with Crippen LogP contribution in [0.1, 0.15) is 33.4 Å². The van der Waals surface area contributed by atoms with Crippen molar-refractivity contribution in [2.75, 3.05) is 6.61 Å². The van der Waals surface area contributed by atoms with E-state index in [0.717, 1.165) is 4.90 Å². The normalized spacial score (nSPS) is 19.7. The van der Waals surface area contributed by atoms with E-state index in [-0.39, 0.29) is 16.4 Å². The molecule has 1 aliphatic rings. The van der Waals surface area contributed by atoms with Crippen LogP contribution in [0, 0.1) is 0 Å². The Labute approximate surface area is 234 Å². The van der Waals surface area contributed by atoms with Crippen LogP contribution in [0.2, 0.25) is 5.04 Å². The quantitative estimate of drug-likeness (QED) is 0.321. The molecule has 0 radical (unpaired) electrons. The second-order valence-corrected chi connectivity index (χ2v) is 16.5. The highest BCUT2D eigenvalue weighted by atomic mass is 32.2. The molecule has 202 valence electrons. The number of aromatic nitrogens is 2. The lowest BCUT2D eigenvalue weighted by Gasteiger charge is -2.43. The molecule has 1 saturated heterocycles. The van der Waals surface area contributed by atoms with Crippen molar-refractivity contribution in [2.45, 2.75) is 54.7 Å². The molecule has 0 amide bonds. The lowest BCUT2D eigenvalue weighted by molar-refractivity contribution is -0.0203. The summed E-state index contributed by atoms with van der Waals surface area (Å²) < 4.78 is 15.2. The average molecular weight is 559 g/mol. The highest BCUT2D eigenvalue weighted by molar-refractivity contribution is 8.00. The number of thioether (sulfide) groups is 1. The van der Waals surface area contributed by atoms with Crippen molar-refractivity contribution >= 4 is 30.5 Å². The average Bonchev–Trinajstić information content (AvgIpc) is 3.32. The zero-order chi connectivity index (χ0) is 27.5. The maximum Gasteiger partial charge on any atom is 0.330 e.